The Kier molecular flexibility index (Phi) is 3.98. The normalized spacial score (nSPS) is 30.6. The largest absolute Gasteiger partial charge is 0.308 e. The molecule has 2 nitrogen and oxygen atoms in total. The van der Waals surface area contributed by atoms with E-state index in [2.05, 4.69) is 36.5 Å². The molecular weight excluding hydrogens is 216 g/mol. The molecule has 3 atom stereocenters. The van der Waals surface area contributed by atoms with Crippen molar-refractivity contribution in [1.29, 1.82) is 0 Å². The van der Waals surface area contributed by atoms with E-state index < -0.39 is 0 Å². The van der Waals surface area contributed by atoms with Crippen molar-refractivity contribution in [2.75, 3.05) is 0 Å². The number of hydrogen-bond donors (Lipinski definition) is 1. The van der Waals surface area contributed by atoms with Crippen LogP contribution in [0.25, 0.3) is 0 Å². The van der Waals surface area contributed by atoms with Gasteiger partial charge in [-0.25, -0.2) is 4.98 Å². The standard InChI is InChI=1S/C13H22N2S/c1-9-5-4-6-13(10(9)2)14-7-12-8-16-11(3)15-12/h8-10,13-14H,4-7H2,1-3H3. The first-order valence-electron chi connectivity index (χ1n) is 6.31. The Morgan fingerprint density at radius 2 is 2.25 bits per heavy atom. The SMILES string of the molecule is Cc1nc(CNC2CCCC(C)C2C)cs1. The van der Waals surface area contributed by atoms with E-state index in [9.17, 15) is 0 Å². The second-order valence-corrected chi connectivity index (χ2v) is 6.17. The van der Waals surface area contributed by atoms with Gasteiger partial charge in [-0.3, -0.25) is 0 Å². The summed E-state index contributed by atoms with van der Waals surface area (Å²) < 4.78 is 0. The first-order chi connectivity index (χ1) is 7.66. The fourth-order valence-corrected chi connectivity index (χ4v) is 3.21. The monoisotopic (exact) mass is 238 g/mol. The van der Waals surface area contributed by atoms with Gasteiger partial charge in [0.2, 0.25) is 0 Å². The maximum absolute atomic E-state index is 4.50. The smallest absolute Gasteiger partial charge is 0.0897 e. The maximum Gasteiger partial charge on any atom is 0.0897 e. The summed E-state index contributed by atoms with van der Waals surface area (Å²) in [5.41, 5.74) is 1.20. The minimum absolute atomic E-state index is 0.686. The molecule has 0 amide bonds. The highest BCUT2D eigenvalue weighted by Gasteiger charge is 2.26. The van der Waals surface area contributed by atoms with E-state index in [1.54, 1.807) is 11.3 Å². The minimum Gasteiger partial charge on any atom is -0.308 e. The lowest BCUT2D eigenvalue weighted by Gasteiger charge is -2.34. The highest BCUT2D eigenvalue weighted by atomic mass is 32.1. The first-order valence-corrected chi connectivity index (χ1v) is 7.19. The molecule has 0 aromatic carbocycles. The number of nitrogens with zero attached hydrogens (tertiary/aromatic N) is 1. The summed E-state index contributed by atoms with van der Waals surface area (Å²) >= 11 is 1.74. The first kappa shape index (κ1) is 12.1. The lowest BCUT2D eigenvalue weighted by molar-refractivity contribution is 0.205. The summed E-state index contributed by atoms with van der Waals surface area (Å²) in [7, 11) is 0. The summed E-state index contributed by atoms with van der Waals surface area (Å²) in [5.74, 6) is 1.66. The van der Waals surface area contributed by atoms with Crippen LogP contribution in [0.5, 0.6) is 0 Å². The number of rotatable bonds is 3. The van der Waals surface area contributed by atoms with Crippen LogP contribution in [0.3, 0.4) is 0 Å². The van der Waals surface area contributed by atoms with Crippen molar-refractivity contribution >= 4 is 11.3 Å². The third kappa shape index (κ3) is 2.83. The van der Waals surface area contributed by atoms with Crippen LogP contribution in [0.2, 0.25) is 0 Å². The van der Waals surface area contributed by atoms with E-state index in [0.717, 1.165) is 18.4 Å². The van der Waals surface area contributed by atoms with Gasteiger partial charge in [-0.2, -0.15) is 0 Å². The van der Waals surface area contributed by atoms with Gasteiger partial charge in [0.15, 0.2) is 0 Å². The molecule has 0 spiro atoms. The average molecular weight is 238 g/mol. The Labute approximate surface area is 102 Å². The molecule has 1 fully saturated rings. The van der Waals surface area contributed by atoms with Crippen LogP contribution in [0.1, 0.15) is 43.8 Å². The molecule has 0 aliphatic heterocycles. The summed E-state index contributed by atoms with van der Waals surface area (Å²) in [6.45, 7) is 7.77. The zero-order valence-corrected chi connectivity index (χ0v) is 11.3. The number of thiazole rings is 1. The Balaban J connectivity index is 1.85. The molecule has 1 aromatic rings. The van der Waals surface area contributed by atoms with E-state index in [1.807, 2.05) is 0 Å². The average Bonchev–Trinajstić information content (AvgIpc) is 2.67. The highest BCUT2D eigenvalue weighted by molar-refractivity contribution is 7.09. The van der Waals surface area contributed by atoms with Crippen molar-refractivity contribution in [3.8, 4) is 0 Å². The second-order valence-electron chi connectivity index (χ2n) is 5.11. The van der Waals surface area contributed by atoms with Crippen LogP contribution >= 0.6 is 11.3 Å². The van der Waals surface area contributed by atoms with Gasteiger partial charge in [-0.05, 0) is 25.2 Å². The lowest BCUT2D eigenvalue weighted by Crippen LogP contribution is -2.40. The number of nitrogens with one attached hydrogen (secondary N) is 1. The van der Waals surface area contributed by atoms with Crippen LogP contribution in [-0.2, 0) is 6.54 Å². The summed E-state index contributed by atoms with van der Waals surface area (Å²) in [4.78, 5) is 4.50. The quantitative estimate of drug-likeness (QED) is 0.873. The van der Waals surface area contributed by atoms with Crippen LogP contribution in [0, 0.1) is 18.8 Å². The molecule has 1 saturated carbocycles. The zero-order chi connectivity index (χ0) is 11.5. The fourth-order valence-electron chi connectivity index (χ4n) is 2.60. The molecule has 0 saturated heterocycles. The molecule has 2 rings (SSSR count). The Hall–Kier alpha value is -0.410. The number of hydrogen-bond acceptors (Lipinski definition) is 3. The molecule has 3 unspecified atom stereocenters. The molecular formula is C13H22N2S. The van der Waals surface area contributed by atoms with Gasteiger partial charge in [-0.15, -0.1) is 11.3 Å². The van der Waals surface area contributed by atoms with Gasteiger partial charge in [0.25, 0.3) is 0 Å². The molecule has 1 aromatic heterocycles. The van der Waals surface area contributed by atoms with E-state index in [0.29, 0.717) is 6.04 Å². The predicted molar refractivity (Wildman–Crippen MR) is 69.7 cm³/mol. The molecule has 1 heterocycles. The van der Waals surface area contributed by atoms with Crippen LogP contribution < -0.4 is 5.32 Å². The van der Waals surface area contributed by atoms with E-state index in [1.165, 1.54) is 30.0 Å². The van der Waals surface area contributed by atoms with Crippen molar-refractivity contribution in [3.63, 3.8) is 0 Å². The Bertz CT molecular complexity index is 334. The Morgan fingerprint density at radius 3 is 2.94 bits per heavy atom. The van der Waals surface area contributed by atoms with Gasteiger partial charge in [0.1, 0.15) is 0 Å². The van der Waals surface area contributed by atoms with Crippen LogP contribution in [-0.4, -0.2) is 11.0 Å². The van der Waals surface area contributed by atoms with E-state index in [4.69, 9.17) is 0 Å². The van der Waals surface area contributed by atoms with Crippen molar-refractivity contribution in [2.45, 2.75) is 52.6 Å². The highest BCUT2D eigenvalue weighted by Crippen LogP contribution is 2.29. The summed E-state index contributed by atoms with van der Waals surface area (Å²) in [6, 6.07) is 0.686. The van der Waals surface area contributed by atoms with Crippen molar-refractivity contribution < 1.29 is 0 Å². The summed E-state index contributed by atoms with van der Waals surface area (Å²) in [6.07, 6.45) is 4.10. The zero-order valence-electron chi connectivity index (χ0n) is 10.5. The topological polar surface area (TPSA) is 24.9 Å². The third-order valence-corrected chi connectivity index (χ3v) is 4.74. The minimum atomic E-state index is 0.686. The molecule has 16 heavy (non-hydrogen) atoms. The van der Waals surface area contributed by atoms with Gasteiger partial charge < -0.3 is 5.32 Å². The fraction of sp³-hybridized carbons (Fsp3) is 0.769. The molecule has 1 N–H and O–H groups in total. The number of aryl methyl sites for hydroxylation is 1. The van der Waals surface area contributed by atoms with Gasteiger partial charge >= 0.3 is 0 Å². The van der Waals surface area contributed by atoms with Crippen molar-refractivity contribution in [3.05, 3.63) is 16.1 Å². The van der Waals surface area contributed by atoms with Crippen molar-refractivity contribution in [2.24, 2.45) is 11.8 Å². The van der Waals surface area contributed by atoms with E-state index in [-0.39, 0.29) is 0 Å². The molecule has 1 aliphatic rings. The molecule has 0 bridgehead atoms. The molecule has 1 aliphatic carbocycles. The molecule has 0 radical (unpaired) electrons. The Morgan fingerprint density at radius 1 is 1.44 bits per heavy atom. The predicted octanol–water partition coefficient (Wildman–Crippen LogP) is 3.37. The van der Waals surface area contributed by atoms with Crippen LogP contribution in [0.15, 0.2) is 5.38 Å². The maximum atomic E-state index is 4.50. The molecule has 3 heteroatoms. The van der Waals surface area contributed by atoms with Gasteiger partial charge in [-0.1, -0.05) is 26.7 Å². The van der Waals surface area contributed by atoms with Gasteiger partial charge in [0, 0.05) is 18.0 Å². The third-order valence-electron chi connectivity index (χ3n) is 3.92. The van der Waals surface area contributed by atoms with Crippen LogP contribution in [0.4, 0.5) is 0 Å². The van der Waals surface area contributed by atoms with Crippen molar-refractivity contribution in [1.82, 2.24) is 10.3 Å². The molecule has 90 valence electrons. The second kappa shape index (κ2) is 5.28. The lowest BCUT2D eigenvalue weighted by atomic mass is 9.78. The summed E-state index contributed by atoms with van der Waals surface area (Å²) in [5, 5.41) is 7.01. The van der Waals surface area contributed by atoms with Gasteiger partial charge in [0.05, 0.1) is 10.7 Å². The van der Waals surface area contributed by atoms with E-state index >= 15 is 0 Å². The number of aromatic nitrogens is 1.